The van der Waals surface area contributed by atoms with Gasteiger partial charge in [-0.15, -0.1) is 0 Å². The maximum Gasteiger partial charge on any atom is 0.315 e. The zero-order chi connectivity index (χ0) is 16.4. The standard InChI is InChI=1S/C17H18N2O4/c1-17(16(21)22,12-5-3-2-4-6-12)10-18-15(20)14-9-13(19-23-14)11-7-8-11/h2-6,9,11H,7-8,10H2,1H3,(H,18,20)(H,21,22). The number of carboxylic acid groups (broad SMARTS) is 1. The van der Waals surface area contributed by atoms with Crippen molar-refractivity contribution in [2.24, 2.45) is 0 Å². The van der Waals surface area contributed by atoms with Crippen LogP contribution < -0.4 is 5.32 Å². The molecule has 1 unspecified atom stereocenters. The Hall–Kier alpha value is -2.63. The summed E-state index contributed by atoms with van der Waals surface area (Å²) in [7, 11) is 0. The number of rotatable bonds is 6. The van der Waals surface area contributed by atoms with Gasteiger partial charge >= 0.3 is 5.97 Å². The van der Waals surface area contributed by atoms with Gasteiger partial charge in [0.2, 0.25) is 5.76 Å². The molecule has 6 heteroatoms. The molecule has 0 saturated heterocycles. The zero-order valence-corrected chi connectivity index (χ0v) is 12.8. The average molecular weight is 314 g/mol. The first kappa shape index (κ1) is 15.3. The van der Waals surface area contributed by atoms with Gasteiger partial charge in [-0.1, -0.05) is 35.5 Å². The molecule has 1 atom stereocenters. The van der Waals surface area contributed by atoms with Gasteiger partial charge in [0.15, 0.2) is 0 Å². The van der Waals surface area contributed by atoms with Crippen LogP contribution in [0.4, 0.5) is 0 Å². The fraction of sp³-hybridized carbons (Fsp3) is 0.353. The van der Waals surface area contributed by atoms with E-state index in [1.807, 2.05) is 6.07 Å². The summed E-state index contributed by atoms with van der Waals surface area (Å²) < 4.78 is 5.05. The molecule has 0 aliphatic heterocycles. The fourth-order valence-corrected chi connectivity index (χ4v) is 2.42. The number of carboxylic acids is 1. The molecule has 120 valence electrons. The van der Waals surface area contributed by atoms with E-state index in [-0.39, 0.29) is 12.3 Å². The predicted molar refractivity (Wildman–Crippen MR) is 82.2 cm³/mol. The van der Waals surface area contributed by atoms with E-state index in [0.29, 0.717) is 11.5 Å². The van der Waals surface area contributed by atoms with E-state index in [1.165, 1.54) is 0 Å². The lowest BCUT2D eigenvalue weighted by Gasteiger charge is -2.25. The number of amides is 1. The van der Waals surface area contributed by atoms with Gasteiger partial charge in [-0.05, 0) is 25.3 Å². The second kappa shape index (κ2) is 5.87. The monoisotopic (exact) mass is 314 g/mol. The number of benzene rings is 1. The van der Waals surface area contributed by atoms with Gasteiger partial charge in [-0.25, -0.2) is 0 Å². The van der Waals surface area contributed by atoms with Crippen molar-refractivity contribution in [2.45, 2.75) is 31.1 Å². The van der Waals surface area contributed by atoms with Crippen molar-refractivity contribution in [1.29, 1.82) is 0 Å². The molecule has 1 aromatic carbocycles. The Morgan fingerprint density at radius 1 is 1.35 bits per heavy atom. The minimum atomic E-state index is -1.21. The van der Waals surface area contributed by atoms with Gasteiger partial charge in [0.25, 0.3) is 5.91 Å². The van der Waals surface area contributed by atoms with Crippen molar-refractivity contribution < 1.29 is 19.2 Å². The summed E-state index contributed by atoms with van der Waals surface area (Å²) in [5, 5.41) is 16.1. The van der Waals surface area contributed by atoms with E-state index in [9.17, 15) is 14.7 Å². The largest absolute Gasteiger partial charge is 0.481 e. The normalized spacial score (nSPS) is 16.6. The summed E-state index contributed by atoms with van der Waals surface area (Å²) in [6.07, 6.45) is 2.14. The SMILES string of the molecule is CC(CNC(=O)c1cc(C2CC2)no1)(C(=O)O)c1ccccc1. The first-order valence-electron chi connectivity index (χ1n) is 7.54. The molecule has 1 saturated carbocycles. The number of carbonyl (C=O) groups excluding carboxylic acids is 1. The molecule has 6 nitrogen and oxygen atoms in total. The van der Waals surface area contributed by atoms with Crippen LogP contribution in [0.2, 0.25) is 0 Å². The molecule has 1 fully saturated rings. The quantitative estimate of drug-likeness (QED) is 0.853. The third kappa shape index (κ3) is 3.11. The maximum absolute atomic E-state index is 12.2. The molecule has 0 radical (unpaired) electrons. The lowest BCUT2D eigenvalue weighted by Crippen LogP contribution is -2.44. The number of carbonyl (C=O) groups is 2. The van der Waals surface area contributed by atoms with Gasteiger partial charge in [-0.2, -0.15) is 0 Å². The molecule has 23 heavy (non-hydrogen) atoms. The van der Waals surface area contributed by atoms with Gasteiger partial charge in [0.1, 0.15) is 5.41 Å². The Balaban J connectivity index is 1.71. The molecular formula is C17H18N2O4. The summed E-state index contributed by atoms with van der Waals surface area (Å²) in [4.78, 5) is 23.8. The highest BCUT2D eigenvalue weighted by Gasteiger charge is 2.36. The second-order valence-electron chi connectivity index (χ2n) is 6.08. The Labute approximate surface area is 133 Å². The minimum absolute atomic E-state index is 0.0371. The Morgan fingerprint density at radius 3 is 2.65 bits per heavy atom. The predicted octanol–water partition coefficient (Wildman–Crippen LogP) is 2.32. The molecule has 1 aliphatic rings. The van der Waals surface area contributed by atoms with Crippen molar-refractivity contribution >= 4 is 11.9 Å². The number of hydrogen-bond donors (Lipinski definition) is 2. The van der Waals surface area contributed by atoms with Crippen molar-refractivity contribution in [2.75, 3.05) is 6.54 Å². The summed E-state index contributed by atoms with van der Waals surface area (Å²) in [6, 6.07) is 10.5. The van der Waals surface area contributed by atoms with Gasteiger partial charge < -0.3 is 14.9 Å². The summed E-state index contributed by atoms with van der Waals surface area (Å²) >= 11 is 0. The molecule has 0 spiro atoms. The summed E-state index contributed by atoms with van der Waals surface area (Å²) in [5.41, 5.74) is 0.208. The summed E-state index contributed by atoms with van der Waals surface area (Å²) in [5.74, 6) is -0.936. The molecular weight excluding hydrogens is 296 g/mol. The smallest absolute Gasteiger partial charge is 0.315 e. The van der Waals surface area contributed by atoms with Crippen molar-refractivity contribution in [3.8, 4) is 0 Å². The van der Waals surface area contributed by atoms with Crippen LogP contribution >= 0.6 is 0 Å². The van der Waals surface area contributed by atoms with Crippen LogP contribution in [-0.4, -0.2) is 28.7 Å². The first-order valence-corrected chi connectivity index (χ1v) is 7.54. The van der Waals surface area contributed by atoms with E-state index < -0.39 is 17.3 Å². The lowest BCUT2D eigenvalue weighted by molar-refractivity contribution is -0.142. The highest BCUT2D eigenvalue weighted by Crippen LogP contribution is 2.39. The van der Waals surface area contributed by atoms with E-state index >= 15 is 0 Å². The number of nitrogens with zero attached hydrogens (tertiary/aromatic N) is 1. The van der Waals surface area contributed by atoms with E-state index in [4.69, 9.17) is 4.52 Å². The molecule has 2 N–H and O–H groups in total. The van der Waals surface area contributed by atoms with Crippen molar-refractivity contribution in [3.05, 3.63) is 53.4 Å². The van der Waals surface area contributed by atoms with Crippen LogP contribution in [0.15, 0.2) is 40.9 Å². The van der Waals surface area contributed by atoms with E-state index in [0.717, 1.165) is 18.5 Å². The van der Waals surface area contributed by atoms with Gasteiger partial charge in [-0.3, -0.25) is 9.59 Å². The Morgan fingerprint density at radius 2 is 2.04 bits per heavy atom. The average Bonchev–Trinajstić information content (AvgIpc) is 3.30. The van der Waals surface area contributed by atoms with Crippen LogP contribution in [0.25, 0.3) is 0 Å². The Kier molecular flexibility index (Phi) is 3.90. The molecule has 1 amide bonds. The van der Waals surface area contributed by atoms with Gasteiger partial charge in [0.05, 0.1) is 5.69 Å². The maximum atomic E-state index is 12.2. The summed E-state index contributed by atoms with van der Waals surface area (Å²) in [6.45, 7) is 1.55. The molecule has 1 heterocycles. The van der Waals surface area contributed by atoms with Crippen LogP contribution in [0.3, 0.4) is 0 Å². The number of hydrogen-bond acceptors (Lipinski definition) is 4. The number of nitrogens with one attached hydrogen (secondary N) is 1. The molecule has 3 rings (SSSR count). The van der Waals surface area contributed by atoms with Crippen LogP contribution in [0, 0.1) is 0 Å². The van der Waals surface area contributed by atoms with E-state index in [1.54, 1.807) is 37.3 Å². The first-order chi connectivity index (χ1) is 11.0. The molecule has 2 aromatic rings. The highest BCUT2D eigenvalue weighted by atomic mass is 16.5. The van der Waals surface area contributed by atoms with Crippen LogP contribution in [0.1, 0.15) is 47.5 Å². The fourth-order valence-electron chi connectivity index (χ4n) is 2.42. The highest BCUT2D eigenvalue weighted by molar-refractivity contribution is 5.92. The van der Waals surface area contributed by atoms with Crippen molar-refractivity contribution in [3.63, 3.8) is 0 Å². The Bertz CT molecular complexity index is 721. The third-order valence-corrected chi connectivity index (χ3v) is 4.23. The minimum Gasteiger partial charge on any atom is -0.481 e. The topological polar surface area (TPSA) is 92.4 Å². The third-order valence-electron chi connectivity index (χ3n) is 4.23. The second-order valence-corrected chi connectivity index (χ2v) is 6.08. The molecule has 1 aromatic heterocycles. The van der Waals surface area contributed by atoms with Crippen molar-refractivity contribution in [1.82, 2.24) is 10.5 Å². The molecule has 0 bridgehead atoms. The lowest BCUT2D eigenvalue weighted by atomic mass is 9.82. The van der Waals surface area contributed by atoms with Crippen LogP contribution in [0.5, 0.6) is 0 Å². The van der Waals surface area contributed by atoms with Gasteiger partial charge in [0, 0.05) is 18.5 Å². The van der Waals surface area contributed by atoms with Crippen LogP contribution in [-0.2, 0) is 10.2 Å². The number of aromatic nitrogens is 1. The molecule has 1 aliphatic carbocycles. The van der Waals surface area contributed by atoms with E-state index in [2.05, 4.69) is 10.5 Å². The number of aliphatic carboxylic acids is 1. The zero-order valence-electron chi connectivity index (χ0n) is 12.8.